The number of aromatic nitrogens is 1. The van der Waals surface area contributed by atoms with Gasteiger partial charge >= 0.3 is 5.97 Å². The van der Waals surface area contributed by atoms with Crippen molar-refractivity contribution >= 4 is 17.6 Å². The van der Waals surface area contributed by atoms with Crippen molar-refractivity contribution in [1.82, 2.24) is 4.98 Å². The van der Waals surface area contributed by atoms with Crippen LogP contribution in [0, 0.1) is 11.3 Å². The zero-order chi connectivity index (χ0) is 15.4. The van der Waals surface area contributed by atoms with E-state index in [1.807, 2.05) is 6.07 Å². The molecular weight excluding hydrogens is 270 g/mol. The number of anilines is 1. The summed E-state index contributed by atoms with van der Waals surface area (Å²) in [7, 11) is 1.51. The van der Waals surface area contributed by atoms with E-state index in [0.717, 1.165) is 0 Å². The Balaban J connectivity index is 2.38. The zero-order valence-electron chi connectivity index (χ0n) is 11.1. The van der Waals surface area contributed by atoms with E-state index in [1.54, 1.807) is 24.3 Å². The summed E-state index contributed by atoms with van der Waals surface area (Å²) in [5.41, 5.74) is 0.586. The van der Waals surface area contributed by atoms with E-state index in [9.17, 15) is 9.59 Å². The number of hydrogen-bond donors (Lipinski definition) is 1. The fourth-order valence-electron chi connectivity index (χ4n) is 1.81. The molecule has 0 unspecified atom stereocenters. The summed E-state index contributed by atoms with van der Waals surface area (Å²) in [4.78, 5) is 28.3. The number of nitriles is 1. The Morgan fingerprint density at radius 2 is 1.81 bits per heavy atom. The van der Waals surface area contributed by atoms with Gasteiger partial charge in [-0.1, -0.05) is 18.2 Å². The van der Waals surface area contributed by atoms with Crippen molar-refractivity contribution in [2.24, 2.45) is 0 Å². The topological polar surface area (TPSA) is 94.3 Å². The van der Waals surface area contributed by atoms with Crippen LogP contribution in [-0.2, 0) is 0 Å². The molecule has 0 aliphatic carbocycles. The summed E-state index contributed by atoms with van der Waals surface area (Å²) >= 11 is 0. The predicted octanol–water partition coefficient (Wildman–Crippen LogP) is 1.93. The van der Waals surface area contributed by atoms with Crippen LogP contribution in [0.25, 0.3) is 0 Å². The average Bonchev–Trinajstić information content (AvgIpc) is 2.53. The number of benzene rings is 1. The smallest absolute Gasteiger partial charge is 0.354 e. The number of rotatable bonds is 3. The van der Waals surface area contributed by atoms with Gasteiger partial charge in [-0.05, 0) is 24.3 Å². The Kier molecular flexibility index (Phi) is 3.95. The number of amides is 1. The Bertz CT molecular complexity index is 750. The molecule has 0 aliphatic rings. The Morgan fingerprint density at radius 3 is 2.48 bits per heavy atom. The molecule has 0 bridgehead atoms. The number of carbonyl (C=O) groups excluding carboxylic acids is 1. The van der Waals surface area contributed by atoms with Gasteiger partial charge in [-0.3, -0.25) is 4.79 Å². The van der Waals surface area contributed by atoms with Crippen molar-refractivity contribution in [1.29, 1.82) is 5.26 Å². The van der Waals surface area contributed by atoms with Crippen molar-refractivity contribution in [3.8, 4) is 6.07 Å². The van der Waals surface area contributed by atoms with Crippen molar-refractivity contribution in [3.63, 3.8) is 0 Å². The average molecular weight is 281 g/mol. The summed E-state index contributed by atoms with van der Waals surface area (Å²) in [6, 6.07) is 12.8. The molecule has 1 amide bonds. The van der Waals surface area contributed by atoms with Crippen LogP contribution >= 0.6 is 0 Å². The number of carboxylic acids is 1. The highest BCUT2D eigenvalue weighted by atomic mass is 16.4. The van der Waals surface area contributed by atoms with Crippen LogP contribution in [-0.4, -0.2) is 29.0 Å². The zero-order valence-corrected chi connectivity index (χ0v) is 11.1. The van der Waals surface area contributed by atoms with E-state index in [1.165, 1.54) is 30.1 Å². The van der Waals surface area contributed by atoms with E-state index >= 15 is 0 Å². The lowest BCUT2D eigenvalue weighted by atomic mass is 10.1. The van der Waals surface area contributed by atoms with Crippen molar-refractivity contribution in [2.45, 2.75) is 0 Å². The number of aromatic carboxylic acids is 1. The normalized spacial score (nSPS) is 9.71. The first-order valence-electron chi connectivity index (χ1n) is 6.02. The molecule has 2 rings (SSSR count). The number of para-hydroxylation sites is 1. The van der Waals surface area contributed by atoms with Crippen LogP contribution in [0.2, 0.25) is 0 Å². The van der Waals surface area contributed by atoms with E-state index < -0.39 is 11.9 Å². The largest absolute Gasteiger partial charge is 0.477 e. The Labute approximate surface area is 120 Å². The van der Waals surface area contributed by atoms with Crippen LogP contribution in [0.3, 0.4) is 0 Å². The lowest BCUT2D eigenvalue weighted by Crippen LogP contribution is -2.28. The molecule has 0 fully saturated rings. The second kappa shape index (κ2) is 5.84. The van der Waals surface area contributed by atoms with Gasteiger partial charge in [0.25, 0.3) is 5.91 Å². The minimum atomic E-state index is -1.20. The number of pyridine rings is 1. The molecule has 0 radical (unpaired) electrons. The van der Waals surface area contributed by atoms with Gasteiger partial charge in [0.15, 0.2) is 0 Å². The SMILES string of the molecule is CN(C(=O)c1cccc(C(=O)O)n1)c1ccccc1C#N. The summed E-state index contributed by atoms with van der Waals surface area (Å²) in [5.74, 6) is -1.69. The third-order valence-electron chi connectivity index (χ3n) is 2.88. The molecule has 6 nitrogen and oxygen atoms in total. The molecule has 6 heteroatoms. The van der Waals surface area contributed by atoms with E-state index in [-0.39, 0.29) is 11.4 Å². The molecule has 1 heterocycles. The van der Waals surface area contributed by atoms with Gasteiger partial charge in [-0.25, -0.2) is 9.78 Å². The first kappa shape index (κ1) is 14.2. The molecule has 2 aromatic rings. The van der Waals surface area contributed by atoms with Gasteiger partial charge in [0.2, 0.25) is 0 Å². The lowest BCUT2D eigenvalue weighted by molar-refractivity contribution is 0.0690. The van der Waals surface area contributed by atoms with Crippen LogP contribution in [0.4, 0.5) is 5.69 Å². The van der Waals surface area contributed by atoms with Crippen LogP contribution in [0.15, 0.2) is 42.5 Å². The summed E-state index contributed by atoms with van der Waals surface area (Å²) in [6.07, 6.45) is 0. The van der Waals surface area contributed by atoms with Gasteiger partial charge < -0.3 is 10.0 Å². The van der Waals surface area contributed by atoms with Crippen molar-refractivity contribution in [3.05, 3.63) is 59.4 Å². The Morgan fingerprint density at radius 1 is 1.14 bits per heavy atom. The minimum absolute atomic E-state index is 0.00476. The van der Waals surface area contributed by atoms with Gasteiger partial charge in [0.1, 0.15) is 17.5 Å². The monoisotopic (exact) mass is 281 g/mol. The second-order valence-corrected chi connectivity index (χ2v) is 4.21. The fraction of sp³-hybridized carbons (Fsp3) is 0.0667. The molecule has 0 aliphatic heterocycles. The minimum Gasteiger partial charge on any atom is -0.477 e. The van der Waals surface area contributed by atoms with Gasteiger partial charge in [0, 0.05) is 7.05 Å². The van der Waals surface area contributed by atoms with E-state index in [4.69, 9.17) is 10.4 Å². The van der Waals surface area contributed by atoms with E-state index in [2.05, 4.69) is 4.98 Å². The van der Waals surface area contributed by atoms with Crippen molar-refractivity contribution < 1.29 is 14.7 Å². The molecule has 1 N–H and O–H groups in total. The molecule has 1 aromatic carbocycles. The molecular formula is C15H11N3O3. The molecule has 0 saturated heterocycles. The van der Waals surface area contributed by atoms with Gasteiger partial charge in [0.05, 0.1) is 11.3 Å². The molecule has 1 aromatic heterocycles. The van der Waals surface area contributed by atoms with Gasteiger partial charge in [-0.15, -0.1) is 0 Å². The first-order chi connectivity index (χ1) is 10.0. The van der Waals surface area contributed by atoms with Gasteiger partial charge in [-0.2, -0.15) is 5.26 Å². The molecule has 0 spiro atoms. The summed E-state index contributed by atoms with van der Waals surface area (Å²) in [5, 5.41) is 18.0. The number of carbonyl (C=O) groups is 2. The molecule has 104 valence electrons. The second-order valence-electron chi connectivity index (χ2n) is 4.21. The molecule has 0 atom stereocenters. The standard InChI is InChI=1S/C15H11N3O3/c1-18(13-8-3-2-5-10(13)9-16)14(19)11-6-4-7-12(17-11)15(20)21/h2-8H,1H3,(H,20,21). The lowest BCUT2D eigenvalue weighted by Gasteiger charge is -2.18. The van der Waals surface area contributed by atoms with Crippen LogP contribution in [0.1, 0.15) is 26.5 Å². The maximum absolute atomic E-state index is 12.3. The third kappa shape index (κ3) is 2.87. The predicted molar refractivity (Wildman–Crippen MR) is 75.1 cm³/mol. The van der Waals surface area contributed by atoms with Crippen LogP contribution < -0.4 is 4.90 Å². The Hall–Kier alpha value is -3.20. The number of carboxylic acid groups (broad SMARTS) is 1. The summed E-state index contributed by atoms with van der Waals surface area (Å²) in [6.45, 7) is 0. The molecule has 21 heavy (non-hydrogen) atoms. The fourth-order valence-corrected chi connectivity index (χ4v) is 1.81. The summed E-state index contributed by atoms with van der Waals surface area (Å²) < 4.78 is 0. The van der Waals surface area contributed by atoms with E-state index in [0.29, 0.717) is 11.3 Å². The maximum Gasteiger partial charge on any atom is 0.354 e. The highest BCUT2D eigenvalue weighted by molar-refractivity contribution is 6.05. The number of nitrogens with zero attached hydrogens (tertiary/aromatic N) is 3. The van der Waals surface area contributed by atoms with Crippen molar-refractivity contribution in [2.75, 3.05) is 11.9 Å². The maximum atomic E-state index is 12.3. The molecule has 0 saturated carbocycles. The van der Waals surface area contributed by atoms with Crippen LogP contribution in [0.5, 0.6) is 0 Å². The first-order valence-corrected chi connectivity index (χ1v) is 6.02. The highest BCUT2D eigenvalue weighted by Gasteiger charge is 2.18. The third-order valence-corrected chi connectivity index (χ3v) is 2.88. The quantitative estimate of drug-likeness (QED) is 0.927. The highest BCUT2D eigenvalue weighted by Crippen LogP contribution is 2.19. The number of hydrogen-bond acceptors (Lipinski definition) is 4.